The van der Waals surface area contributed by atoms with E-state index in [4.69, 9.17) is 0 Å². The Balaban J connectivity index is 2.22. The van der Waals surface area contributed by atoms with Gasteiger partial charge >= 0.3 is 0 Å². The van der Waals surface area contributed by atoms with E-state index >= 15 is 0 Å². The Hall–Kier alpha value is -2.44. The van der Waals surface area contributed by atoms with Gasteiger partial charge < -0.3 is 0 Å². The predicted molar refractivity (Wildman–Crippen MR) is 70.7 cm³/mol. The van der Waals surface area contributed by atoms with Crippen LogP contribution < -0.4 is 5.32 Å². The number of rotatable bonds is 4. The fourth-order valence-electron chi connectivity index (χ4n) is 1.72. The van der Waals surface area contributed by atoms with Crippen LogP contribution in [-0.2, 0) is 12.8 Å². The van der Waals surface area contributed by atoms with Crippen molar-refractivity contribution in [3.8, 4) is 0 Å². The molecule has 7 heteroatoms. The molecule has 0 saturated heterocycles. The first-order valence-corrected chi connectivity index (χ1v) is 6.29. The monoisotopic (exact) mass is 275 g/mol. The number of hydrogen-bond acceptors (Lipinski definition) is 5. The highest BCUT2D eigenvalue weighted by atomic mass is 19.1. The molecule has 0 aromatic carbocycles. The summed E-state index contributed by atoms with van der Waals surface area (Å²) >= 11 is 0. The Morgan fingerprint density at radius 1 is 1.25 bits per heavy atom. The number of pyridine rings is 1. The molecule has 0 radical (unpaired) electrons. The Kier molecular flexibility index (Phi) is 4.29. The lowest BCUT2D eigenvalue weighted by molar-refractivity contribution is 0.102. The molecule has 0 atom stereocenters. The van der Waals surface area contributed by atoms with Crippen LogP contribution in [-0.4, -0.2) is 26.1 Å². The quantitative estimate of drug-likeness (QED) is 0.920. The topological polar surface area (TPSA) is 80.7 Å². The van der Waals surface area contributed by atoms with Crippen molar-refractivity contribution in [1.82, 2.24) is 20.2 Å². The van der Waals surface area contributed by atoms with Crippen molar-refractivity contribution in [1.29, 1.82) is 0 Å². The van der Waals surface area contributed by atoms with Gasteiger partial charge in [-0.25, -0.2) is 9.37 Å². The lowest BCUT2D eigenvalue weighted by atomic mass is 10.2. The third kappa shape index (κ3) is 2.93. The number of carbonyl (C=O) groups excluding carboxylic acids is 1. The fourth-order valence-corrected chi connectivity index (χ4v) is 1.72. The van der Waals surface area contributed by atoms with Gasteiger partial charge in [-0.2, -0.15) is 0 Å². The summed E-state index contributed by atoms with van der Waals surface area (Å²) in [4.78, 5) is 19.7. The van der Waals surface area contributed by atoms with Crippen LogP contribution in [0.25, 0.3) is 0 Å². The highest BCUT2D eigenvalue weighted by Gasteiger charge is 2.14. The summed E-state index contributed by atoms with van der Waals surface area (Å²) in [5.41, 5.74) is 1.45. The van der Waals surface area contributed by atoms with Crippen molar-refractivity contribution in [2.45, 2.75) is 26.7 Å². The standard InChI is InChI=1S/C13H14FN5O/c1-3-10-11(4-2)18-19-13(16-10)17-12(20)8-5-6-15-7-9(8)14/h5-7H,3-4H2,1-2H3,(H,16,17,19,20). The van der Waals surface area contributed by atoms with Crippen molar-refractivity contribution in [3.63, 3.8) is 0 Å². The van der Waals surface area contributed by atoms with Crippen LogP contribution in [0, 0.1) is 5.82 Å². The number of hydrogen-bond donors (Lipinski definition) is 1. The van der Waals surface area contributed by atoms with E-state index in [1.165, 1.54) is 12.3 Å². The molecule has 0 spiro atoms. The maximum Gasteiger partial charge on any atom is 0.261 e. The molecule has 2 aromatic rings. The number of anilines is 1. The van der Waals surface area contributed by atoms with Crippen LogP contribution in [0.1, 0.15) is 35.6 Å². The van der Waals surface area contributed by atoms with Gasteiger partial charge in [-0.15, -0.1) is 10.2 Å². The highest BCUT2D eigenvalue weighted by Crippen LogP contribution is 2.10. The number of carbonyl (C=O) groups is 1. The molecular weight excluding hydrogens is 261 g/mol. The van der Waals surface area contributed by atoms with Crippen LogP contribution in [0.4, 0.5) is 10.3 Å². The third-order valence-corrected chi connectivity index (χ3v) is 2.75. The number of halogens is 1. The number of aryl methyl sites for hydroxylation is 2. The number of amides is 1. The molecule has 1 amide bonds. The second kappa shape index (κ2) is 6.14. The zero-order chi connectivity index (χ0) is 14.5. The minimum absolute atomic E-state index is 0.0697. The van der Waals surface area contributed by atoms with Gasteiger partial charge in [0.1, 0.15) is 0 Å². The smallest absolute Gasteiger partial charge is 0.261 e. The summed E-state index contributed by atoms with van der Waals surface area (Å²) in [6, 6.07) is 1.29. The average molecular weight is 275 g/mol. The first-order chi connectivity index (χ1) is 9.65. The van der Waals surface area contributed by atoms with Crippen molar-refractivity contribution >= 4 is 11.9 Å². The molecule has 0 unspecified atom stereocenters. The van der Waals surface area contributed by atoms with Gasteiger partial charge in [0.05, 0.1) is 23.1 Å². The van der Waals surface area contributed by atoms with Gasteiger partial charge in [-0.1, -0.05) is 13.8 Å². The SMILES string of the molecule is CCc1nnc(NC(=O)c2ccncc2F)nc1CC. The Labute approximate surface area is 115 Å². The molecule has 2 rings (SSSR count). The summed E-state index contributed by atoms with van der Waals surface area (Å²) in [7, 11) is 0. The van der Waals surface area contributed by atoms with E-state index in [2.05, 4.69) is 25.5 Å². The highest BCUT2D eigenvalue weighted by molar-refractivity contribution is 6.03. The minimum Gasteiger partial charge on any atom is -0.289 e. The maximum absolute atomic E-state index is 13.4. The van der Waals surface area contributed by atoms with Crippen LogP contribution in [0.5, 0.6) is 0 Å². The lowest BCUT2D eigenvalue weighted by Gasteiger charge is -2.07. The van der Waals surface area contributed by atoms with E-state index in [9.17, 15) is 9.18 Å². The third-order valence-electron chi connectivity index (χ3n) is 2.75. The van der Waals surface area contributed by atoms with Crippen LogP contribution in [0.15, 0.2) is 18.5 Å². The van der Waals surface area contributed by atoms with Gasteiger partial charge in [-0.3, -0.25) is 15.1 Å². The maximum atomic E-state index is 13.4. The van der Waals surface area contributed by atoms with E-state index in [0.29, 0.717) is 6.42 Å². The van der Waals surface area contributed by atoms with Crippen molar-refractivity contribution in [2.24, 2.45) is 0 Å². The van der Waals surface area contributed by atoms with Gasteiger partial charge in [0.25, 0.3) is 5.91 Å². The lowest BCUT2D eigenvalue weighted by Crippen LogP contribution is -2.17. The molecule has 20 heavy (non-hydrogen) atoms. The van der Waals surface area contributed by atoms with Crippen molar-refractivity contribution in [2.75, 3.05) is 5.32 Å². The van der Waals surface area contributed by atoms with E-state index in [1.54, 1.807) is 0 Å². The molecule has 1 N–H and O–H groups in total. The molecule has 104 valence electrons. The van der Waals surface area contributed by atoms with E-state index in [0.717, 1.165) is 24.0 Å². The number of nitrogens with zero attached hydrogens (tertiary/aromatic N) is 4. The van der Waals surface area contributed by atoms with Crippen molar-refractivity contribution < 1.29 is 9.18 Å². The first-order valence-electron chi connectivity index (χ1n) is 6.29. The molecular formula is C13H14FN5O. The molecule has 6 nitrogen and oxygen atoms in total. The summed E-state index contributed by atoms with van der Waals surface area (Å²) < 4.78 is 13.4. The van der Waals surface area contributed by atoms with Gasteiger partial charge in [0.15, 0.2) is 5.82 Å². The van der Waals surface area contributed by atoms with E-state index in [-0.39, 0.29) is 11.5 Å². The zero-order valence-electron chi connectivity index (χ0n) is 11.2. The molecule has 0 bridgehead atoms. The van der Waals surface area contributed by atoms with Crippen LogP contribution in [0.3, 0.4) is 0 Å². The normalized spacial score (nSPS) is 10.3. The zero-order valence-corrected chi connectivity index (χ0v) is 11.2. The largest absolute Gasteiger partial charge is 0.289 e. The summed E-state index contributed by atoms with van der Waals surface area (Å²) in [6.07, 6.45) is 3.72. The van der Waals surface area contributed by atoms with Gasteiger partial charge in [0, 0.05) is 6.20 Å². The fraction of sp³-hybridized carbons (Fsp3) is 0.308. The molecule has 0 aliphatic heterocycles. The van der Waals surface area contributed by atoms with Crippen LogP contribution >= 0.6 is 0 Å². The summed E-state index contributed by atoms with van der Waals surface area (Å²) in [6.45, 7) is 3.90. The predicted octanol–water partition coefficient (Wildman–Crippen LogP) is 1.78. The summed E-state index contributed by atoms with van der Waals surface area (Å²) in [5, 5.41) is 10.3. The average Bonchev–Trinajstić information content (AvgIpc) is 2.47. The summed E-state index contributed by atoms with van der Waals surface area (Å²) in [5.74, 6) is -1.25. The van der Waals surface area contributed by atoms with Crippen molar-refractivity contribution in [3.05, 3.63) is 41.2 Å². The van der Waals surface area contributed by atoms with Gasteiger partial charge in [0.2, 0.25) is 5.95 Å². The number of nitrogens with one attached hydrogen (secondary N) is 1. The molecule has 0 aliphatic rings. The minimum atomic E-state index is -0.696. The van der Waals surface area contributed by atoms with E-state index < -0.39 is 11.7 Å². The Bertz CT molecular complexity index is 632. The molecule has 2 aromatic heterocycles. The Morgan fingerprint density at radius 3 is 2.65 bits per heavy atom. The van der Waals surface area contributed by atoms with E-state index in [1.807, 2.05) is 13.8 Å². The molecule has 0 saturated carbocycles. The Morgan fingerprint density at radius 2 is 2.00 bits per heavy atom. The number of aromatic nitrogens is 4. The van der Waals surface area contributed by atoms with Crippen LogP contribution in [0.2, 0.25) is 0 Å². The molecule has 0 aliphatic carbocycles. The second-order valence-corrected chi connectivity index (χ2v) is 4.05. The van der Waals surface area contributed by atoms with Gasteiger partial charge in [-0.05, 0) is 18.9 Å². The first kappa shape index (κ1) is 14.0. The second-order valence-electron chi connectivity index (χ2n) is 4.05. The molecule has 2 heterocycles. The molecule has 0 fully saturated rings.